The number of fused-ring (bicyclic) bond motifs is 1. The number of nitrogens with one attached hydrogen (secondary N) is 1. The molecule has 0 aliphatic carbocycles. The van der Waals surface area contributed by atoms with Crippen molar-refractivity contribution in [3.63, 3.8) is 0 Å². The van der Waals surface area contributed by atoms with Gasteiger partial charge in [-0.1, -0.05) is 29.8 Å². The lowest BCUT2D eigenvalue weighted by Crippen LogP contribution is -2.40. The highest BCUT2D eigenvalue weighted by atomic mass is 19.1. The van der Waals surface area contributed by atoms with Crippen molar-refractivity contribution in [2.24, 2.45) is 0 Å². The summed E-state index contributed by atoms with van der Waals surface area (Å²) in [6, 6.07) is 18.4. The molecule has 0 unspecified atom stereocenters. The summed E-state index contributed by atoms with van der Waals surface area (Å²) in [4.78, 5) is 33.6. The Labute approximate surface area is 208 Å². The molecule has 8 heteroatoms. The van der Waals surface area contributed by atoms with Gasteiger partial charge < -0.3 is 15.0 Å². The maximum Gasteiger partial charge on any atom is 0.267 e. The van der Waals surface area contributed by atoms with E-state index in [1.54, 1.807) is 34.9 Å². The molecule has 184 valence electrons. The van der Waals surface area contributed by atoms with Crippen LogP contribution in [-0.4, -0.2) is 41.8 Å². The number of carbonyl (C=O) groups excluding carboxylic acids is 1. The third-order valence-corrected chi connectivity index (χ3v) is 6.42. The van der Waals surface area contributed by atoms with Gasteiger partial charge in [0.15, 0.2) is 0 Å². The molecule has 2 heterocycles. The second-order valence-electron chi connectivity index (χ2n) is 8.97. The summed E-state index contributed by atoms with van der Waals surface area (Å²) in [5.41, 5.74) is 3.27. The van der Waals surface area contributed by atoms with Crippen LogP contribution in [0.5, 0.6) is 0 Å². The molecule has 0 saturated carbocycles. The Morgan fingerprint density at radius 3 is 2.42 bits per heavy atom. The first-order valence-corrected chi connectivity index (χ1v) is 11.9. The molecule has 1 aromatic heterocycles. The standard InChI is InChI=1S/C28H27FN4O3/c1-18-3-10-23(11-4-18)33-27(35)24-12-7-21(17-25(24)31-28(33)32-13-15-36-16-14-32)26(34)30-19(2)20-5-8-22(29)9-6-20/h3-12,17,19H,13-16H2,1-2H3,(H,30,34)/t19-/m0/s1. The maximum absolute atomic E-state index is 13.7. The lowest BCUT2D eigenvalue weighted by Gasteiger charge is -2.30. The zero-order valence-corrected chi connectivity index (χ0v) is 20.2. The van der Waals surface area contributed by atoms with Gasteiger partial charge in [-0.25, -0.2) is 13.9 Å². The van der Waals surface area contributed by atoms with Gasteiger partial charge in [0.25, 0.3) is 11.5 Å². The highest BCUT2D eigenvalue weighted by Crippen LogP contribution is 2.22. The minimum absolute atomic E-state index is 0.197. The fourth-order valence-electron chi connectivity index (χ4n) is 4.33. The number of nitrogens with zero attached hydrogens (tertiary/aromatic N) is 3. The number of carbonyl (C=O) groups is 1. The molecule has 1 aliphatic heterocycles. The number of ether oxygens (including phenoxy) is 1. The molecular weight excluding hydrogens is 459 g/mol. The van der Waals surface area contributed by atoms with E-state index >= 15 is 0 Å². The first-order chi connectivity index (χ1) is 17.4. The van der Waals surface area contributed by atoms with E-state index in [1.165, 1.54) is 12.1 Å². The summed E-state index contributed by atoms with van der Waals surface area (Å²) in [6.45, 7) is 6.15. The van der Waals surface area contributed by atoms with E-state index in [1.807, 2.05) is 43.0 Å². The average Bonchev–Trinajstić information content (AvgIpc) is 2.90. The lowest BCUT2D eigenvalue weighted by atomic mass is 10.1. The number of aromatic nitrogens is 2. The Hall–Kier alpha value is -4.04. The maximum atomic E-state index is 13.7. The summed E-state index contributed by atoms with van der Waals surface area (Å²) in [5.74, 6) is -0.103. The van der Waals surface area contributed by atoms with Gasteiger partial charge >= 0.3 is 0 Å². The molecule has 0 bridgehead atoms. The molecular formula is C28H27FN4O3. The van der Waals surface area contributed by atoms with Gasteiger partial charge in [-0.2, -0.15) is 0 Å². The van der Waals surface area contributed by atoms with Crippen molar-refractivity contribution in [3.05, 3.63) is 99.6 Å². The van der Waals surface area contributed by atoms with Crippen LogP contribution in [0.4, 0.5) is 10.3 Å². The van der Waals surface area contributed by atoms with Crippen LogP contribution in [0.1, 0.15) is 34.5 Å². The summed E-state index contributed by atoms with van der Waals surface area (Å²) < 4.78 is 20.4. The molecule has 1 amide bonds. The molecule has 0 spiro atoms. The van der Waals surface area contributed by atoms with Crippen molar-refractivity contribution >= 4 is 22.8 Å². The zero-order valence-electron chi connectivity index (χ0n) is 20.2. The monoisotopic (exact) mass is 486 g/mol. The number of hydrogen-bond acceptors (Lipinski definition) is 5. The van der Waals surface area contributed by atoms with E-state index in [0.29, 0.717) is 48.7 Å². The normalized spacial score (nSPS) is 14.6. The zero-order chi connectivity index (χ0) is 25.2. The number of morpholine rings is 1. The number of halogens is 1. The van der Waals surface area contributed by atoms with Gasteiger partial charge in [0, 0.05) is 18.7 Å². The van der Waals surface area contributed by atoms with Crippen molar-refractivity contribution in [1.29, 1.82) is 0 Å². The summed E-state index contributed by atoms with van der Waals surface area (Å²) in [7, 11) is 0. The molecule has 1 atom stereocenters. The minimum Gasteiger partial charge on any atom is -0.378 e. The number of hydrogen-bond donors (Lipinski definition) is 1. The first-order valence-electron chi connectivity index (χ1n) is 11.9. The van der Waals surface area contributed by atoms with Crippen LogP contribution in [0.25, 0.3) is 16.6 Å². The van der Waals surface area contributed by atoms with Crippen LogP contribution in [0.3, 0.4) is 0 Å². The number of rotatable bonds is 5. The van der Waals surface area contributed by atoms with Crippen molar-refractivity contribution in [2.45, 2.75) is 19.9 Å². The Morgan fingerprint density at radius 2 is 1.72 bits per heavy atom. The van der Waals surface area contributed by atoms with Gasteiger partial charge in [-0.05, 0) is 61.9 Å². The van der Waals surface area contributed by atoms with E-state index in [9.17, 15) is 14.0 Å². The quantitative estimate of drug-likeness (QED) is 0.459. The van der Waals surface area contributed by atoms with Gasteiger partial charge in [0.2, 0.25) is 5.95 Å². The van der Waals surface area contributed by atoms with Crippen LogP contribution in [-0.2, 0) is 4.74 Å². The van der Waals surface area contributed by atoms with Crippen LogP contribution < -0.4 is 15.8 Å². The van der Waals surface area contributed by atoms with Crippen LogP contribution in [0.15, 0.2) is 71.5 Å². The first kappa shape index (κ1) is 23.7. The van der Waals surface area contributed by atoms with Crippen molar-refractivity contribution < 1.29 is 13.9 Å². The summed E-state index contributed by atoms with van der Waals surface area (Å²) in [6.07, 6.45) is 0. The molecule has 1 saturated heterocycles. The predicted molar refractivity (Wildman–Crippen MR) is 137 cm³/mol. The Balaban J connectivity index is 1.54. The Bertz CT molecular complexity index is 1460. The highest BCUT2D eigenvalue weighted by molar-refractivity contribution is 5.98. The van der Waals surface area contributed by atoms with Gasteiger partial charge in [-0.15, -0.1) is 0 Å². The number of amides is 1. The van der Waals surface area contributed by atoms with E-state index in [4.69, 9.17) is 9.72 Å². The van der Waals surface area contributed by atoms with Gasteiger partial charge in [0.05, 0.1) is 35.8 Å². The van der Waals surface area contributed by atoms with Crippen molar-refractivity contribution in [1.82, 2.24) is 14.9 Å². The number of aryl methyl sites for hydroxylation is 1. The Kier molecular flexibility index (Phi) is 6.52. The van der Waals surface area contributed by atoms with Crippen LogP contribution >= 0.6 is 0 Å². The lowest BCUT2D eigenvalue weighted by molar-refractivity contribution is 0.0940. The van der Waals surface area contributed by atoms with Crippen LogP contribution in [0.2, 0.25) is 0 Å². The second kappa shape index (κ2) is 9.91. The predicted octanol–water partition coefficient (Wildman–Crippen LogP) is 4.16. The molecule has 1 aliphatic rings. The van der Waals surface area contributed by atoms with Gasteiger partial charge in [-0.3, -0.25) is 9.59 Å². The summed E-state index contributed by atoms with van der Waals surface area (Å²) >= 11 is 0. The third-order valence-electron chi connectivity index (χ3n) is 6.42. The van der Waals surface area contributed by atoms with Crippen molar-refractivity contribution in [2.75, 3.05) is 31.2 Å². The molecule has 3 aromatic carbocycles. The molecule has 5 rings (SSSR count). The topological polar surface area (TPSA) is 76.5 Å². The van der Waals surface area contributed by atoms with E-state index in [2.05, 4.69) is 5.32 Å². The van der Waals surface area contributed by atoms with Crippen molar-refractivity contribution in [3.8, 4) is 5.69 Å². The fourth-order valence-corrected chi connectivity index (χ4v) is 4.33. The molecule has 4 aromatic rings. The highest BCUT2D eigenvalue weighted by Gasteiger charge is 2.21. The van der Waals surface area contributed by atoms with Crippen LogP contribution in [0, 0.1) is 12.7 Å². The van der Waals surface area contributed by atoms with E-state index in [0.717, 1.165) is 16.8 Å². The fraction of sp³-hybridized carbons (Fsp3) is 0.250. The number of anilines is 1. The second-order valence-corrected chi connectivity index (χ2v) is 8.97. The van der Waals surface area contributed by atoms with E-state index in [-0.39, 0.29) is 23.3 Å². The van der Waals surface area contributed by atoms with E-state index < -0.39 is 0 Å². The number of benzene rings is 3. The molecule has 36 heavy (non-hydrogen) atoms. The molecule has 1 fully saturated rings. The average molecular weight is 487 g/mol. The largest absolute Gasteiger partial charge is 0.378 e. The SMILES string of the molecule is Cc1ccc(-n2c(N3CCOCC3)nc3cc(C(=O)N[C@@H](C)c4ccc(F)cc4)ccc3c2=O)cc1. The smallest absolute Gasteiger partial charge is 0.267 e. The summed E-state index contributed by atoms with van der Waals surface area (Å²) in [5, 5.41) is 3.36. The van der Waals surface area contributed by atoms with Gasteiger partial charge in [0.1, 0.15) is 5.82 Å². The Morgan fingerprint density at radius 1 is 1.03 bits per heavy atom. The third kappa shape index (κ3) is 4.72. The molecule has 7 nitrogen and oxygen atoms in total. The molecule has 0 radical (unpaired) electrons. The molecule has 1 N–H and O–H groups in total. The minimum atomic E-state index is -0.328.